The molecule has 0 unspecified atom stereocenters. The number of methoxy groups -OCH3 is 1. The highest BCUT2D eigenvalue weighted by atomic mass is 35.5. The zero-order valence-electron chi connectivity index (χ0n) is 10.7. The lowest BCUT2D eigenvalue weighted by Crippen LogP contribution is -1.90. The summed E-state index contributed by atoms with van der Waals surface area (Å²) in [5, 5.41) is 10.3. The minimum Gasteiger partial charge on any atom is -0.506 e. The summed E-state index contributed by atoms with van der Waals surface area (Å²) >= 11 is 5.95. The van der Waals surface area contributed by atoms with E-state index in [1.54, 1.807) is 37.6 Å². The largest absolute Gasteiger partial charge is 0.506 e. The second-order valence-electron chi connectivity index (χ2n) is 4.14. The van der Waals surface area contributed by atoms with Crippen molar-refractivity contribution in [1.82, 2.24) is 0 Å². The number of aromatic hydroxyl groups is 1. The maximum atomic E-state index is 9.72. The van der Waals surface area contributed by atoms with Gasteiger partial charge in [0.25, 0.3) is 0 Å². The molecule has 0 spiro atoms. The van der Waals surface area contributed by atoms with Crippen molar-refractivity contribution in [3.63, 3.8) is 0 Å². The van der Waals surface area contributed by atoms with Crippen molar-refractivity contribution in [2.45, 2.75) is 6.92 Å². The average Bonchev–Trinajstić information content (AvgIpc) is 2.40. The van der Waals surface area contributed by atoms with Gasteiger partial charge in [-0.2, -0.15) is 0 Å². The van der Waals surface area contributed by atoms with Crippen molar-refractivity contribution in [2.75, 3.05) is 7.11 Å². The van der Waals surface area contributed by atoms with Crippen LogP contribution in [0.2, 0.25) is 5.02 Å². The number of aliphatic imine (C=N–C) groups is 1. The number of nitrogens with zero attached hydrogens (tertiary/aromatic N) is 1. The van der Waals surface area contributed by atoms with E-state index in [4.69, 9.17) is 16.3 Å². The highest BCUT2D eigenvalue weighted by Gasteiger charge is 2.03. The van der Waals surface area contributed by atoms with Gasteiger partial charge in [0.15, 0.2) is 0 Å². The number of halogens is 1. The van der Waals surface area contributed by atoms with E-state index in [0.717, 1.165) is 11.1 Å². The maximum absolute atomic E-state index is 9.72. The van der Waals surface area contributed by atoms with Crippen molar-refractivity contribution in [3.05, 3.63) is 52.5 Å². The number of hydrogen-bond acceptors (Lipinski definition) is 3. The molecule has 2 aromatic carbocycles. The first-order valence-electron chi connectivity index (χ1n) is 5.77. The summed E-state index contributed by atoms with van der Waals surface area (Å²) in [6.07, 6.45) is 1.62. The molecular formula is C15H14ClNO2. The standard InChI is InChI=1S/C15H14ClNO2/c1-10-3-5-14(18)13(7-10)17-9-11-8-12(16)4-6-15(11)19-2/h3-9,18H,1-2H3. The van der Waals surface area contributed by atoms with Crippen molar-refractivity contribution >= 4 is 23.5 Å². The van der Waals surface area contributed by atoms with E-state index in [-0.39, 0.29) is 5.75 Å². The molecule has 0 atom stereocenters. The Hall–Kier alpha value is -2.00. The molecule has 0 aliphatic carbocycles. The van der Waals surface area contributed by atoms with Crippen LogP contribution >= 0.6 is 11.6 Å². The van der Waals surface area contributed by atoms with Crippen LogP contribution in [0.25, 0.3) is 0 Å². The molecule has 19 heavy (non-hydrogen) atoms. The van der Waals surface area contributed by atoms with Crippen LogP contribution in [-0.2, 0) is 0 Å². The minimum atomic E-state index is 0.142. The van der Waals surface area contributed by atoms with Crippen molar-refractivity contribution in [2.24, 2.45) is 4.99 Å². The summed E-state index contributed by atoms with van der Waals surface area (Å²) in [5.74, 6) is 0.822. The molecule has 0 amide bonds. The van der Waals surface area contributed by atoms with Gasteiger partial charge in [0, 0.05) is 16.8 Å². The van der Waals surface area contributed by atoms with Crippen LogP contribution in [0.5, 0.6) is 11.5 Å². The Morgan fingerprint density at radius 3 is 2.74 bits per heavy atom. The van der Waals surface area contributed by atoms with Gasteiger partial charge in [-0.3, -0.25) is 4.99 Å². The van der Waals surface area contributed by atoms with Crippen LogP contribution in [0.4, 0.5) is 5.69 Å². The Morgan fingerprint density at radius 1 is 1.21 bits per heavy atom. The lowest BCUT2D eigenvalue weighted by molar-refractivity contribution is 0.414. The monoisotopic (exact) mass is 275 g/mol. The van der Waals surface area contributed by atoms with Gasteiger partial charge in [-0.05, 0) is 42.8 Å². The second kappa shape index (κ2) is 5.76. The molecule has 0 aromatic heterocycles. The quantitative estimate of drug-likeness (QED) is 0.857. The number of aryl methyl sites for hydroxylation is 1. The summed E-state index contributed by atoms with van der Waals surface area (Å²) in [6.45, 7) is 1.94. The Bertz CT molecular complexity index is 624. The van der Waals surface area contributed by atoms with Gasteiger partial charge < -0.3 is 9.84 Å². The summed E-state index contributed by atoms with van der Waals surface area (Å²) < 4.78 is 5.23. The van der Waals surface area contributed by atoms with Crippen molar-refractivity contribution < 1.29 is 9.84 Å². The van der Waals surface area contributed by atoms with E-state index in [1.807, 2.05) is 19.1 Å². The van der Waals surface area contributed by atoms with E-state index in [9.17, 15) is 5.11 Å². The van der Waals surface area contributed by atoms with Crippen LogP contribution in [0.3, 0.4) is 0 Å². The number of phenolic OH excluding ortho intramolecular Hbond substituents is 1. The average molecular weight is 276 g/mol. The molecule has 0 aliphatic rings. The first kappa shape index (κ1) is 13.4. The first-order chi connectivity index (χ1) is 9.10. The van der Waals surface area contributed by atoms with Gasteiger partial charge in [0.2, 0.25) is 0 Å². The van der Waals surface area contributed by atoms with Gasteiger partial charge in [-0.25, -0.2) is 0 Å². The fourth-order valence-corrected chi connectivity index (χ4v) is 1.86. The van der Waals surface area contributed by atoms with Gasteiger partial charge >= 0.3 is 0 Å². The summed E-state index contributed by atoms with van der Waals surface area (Å²) in [7, 11) is 1.59. The molecule has 98 valence electrons. The minimum absolute atomic E-state index is 0.142. The lowest BCUT2D eigenvalue weighted by Gasteiger charge is -2.05. The van der Waals surface area contributed by atoms with Crippen molar-refractivity contribution in [1.29, 1.82) is 0 Å². The van der Waals surface area contributed by atoms with Crippen LogP contribution in [-0.4, -0.2) is 18.4 Å². The number of hydrogen-bond donors (Lipinski definition) is 1. The summed E-state index contributed by atoms with van der Waals surface area (Å²) in [5.41, 5.74) is 2.31. The first-order valence-corrected chi connectivity index (χ1v) is 6.15. The topological polar surface area (TPSA) is 41.8 Å². The Morgan fingerprint density at radius 2 is 2.00 bits per heavy atom. The third-order valence-electron chi connectivity index (χ3n) is 2.67. The zero-order valence-corrected chi connectivity index (χ0v) is 11.5. The molecule has 0 saturated carbocycles. The van der Waals surface area contributed by atoms with E-state index < -0.39 is 0 Å². The number of phenols is 1. The molecule has 0 heterocycles. The van der Waals surface area contributed by atoms with Crippen molar-refractivity contribution in [3.8, 4) is 11.5 Å². The predicted molar refractivity (Wildman–Crippen MR) is 78.1 cm³/mol. The van der Waals surface area contributed by atoms with Gasteiger partial charge in [0.1, 0.15) is 17.2 Å². The Kier molecular flexibility index (Phi) is 4.07. The van der Waals surface area contributed by atoms with Crippen LogP contribution in [0.1, 0.15) is 11.1 Å². The van der Waals surface area contributed by atoms with Gasteiger partial charge in [0.05, 0.1) is 7.11 Å². The molecule has 3 nitrogen and oxygen atoms in total. The second-order valence-corrected chi connectivity index (χ2v) is 4.57. The predicted octanol–water partition coefficient (Wildman–Crippen LogP) is 4.11. The van der Waals surface area contributed by atoms with E-state index >= 15 is 0 Å². The molecule has 4 heteroatoms. The van der Waals surface area contributed by atoms with Crippen LogP contribution in [0.15, 0.2) is 41.4 Å². The van der Waals surface area contributed by atoms with Gasteiger partial charge in [-0.1, -0.05) is 17.7 Å². The molecular weight excluding hydrogens is 262 g/mol. The third kappa shape index (κ3) is 3.26. The third-order valence-corrected chi connectivity index (χ3v) is 2.90. The number of benzene rings is 2. The maximum Gasteiger partial charge on any atom is 0.141 e. The smallest absolute Gasteiger partial charge is 0.141 e. The molecule has 0 radical (unpaired) electrons. The molecule has 2 aromatic rings. The fourth-order valence-electron chi connectivity index (χ4n) is 1.68. The lowest BCUT2D eigenvalue weighted by atomic mass is 10.2. The van der Waals surface area contributed by atoms with E-state index in [0.29, 0.717) is 16.5 Å². The summed E-state index contributed by atoms with van der Waals surface area (Å²) in [4.78, 5) is 4.27. The molecule has 0 saturated heterocycles. The van der Waals surface area contributed by atoms with E-state index in [1.165, 1.54) is 0 Å². The molecule has 1 N–H and O–H groups in total. The van der Waals surface area contributed by atoms with Gasteiger partial charge in [-0.15, -0.1) is 0 Å². The van der Waals surface area contributed by atoms with E-state index in [2.05, 4.69) is 4.99 Å². The van der Waals surface area contributed by atoms with Crippen LogP contribution < -0.4 is 4.74 Å². The normalized spacial score (nSPS) is 10.9. The molecule has 2 rings (SSSR count). The zero-order chi connectivity index (χ0) is 13.8. The number of ether oxygens (including phenoxy) is 1. The fraction of sp³-hybridized carbons (Fsp3) is 0.133. The Labute approximate surface area is 117 Å². The molecule has 0 bridgehead atoms. The van der Waals surface area contributed by atoms with Crippen LogP contribution in [0, 0.1) is 6.92 Å². The SMILES string of the molecule is COc1ccc(Cl)cc1C=Nc1cc(C)ccc1O. The number of rotatable bonds is 3. The highest BCUT2D eigenvalue weighted by molar-refractivity contribution is 6.30. The summed E-state index contributed by atoms with van der Waals surface area (Å²) in [6, 6.07) is 10.5. The highest BCUT2D eigenvalue weighted by Crippen LogP contribution is 2.28. The molecule has 0 aliphatic heterocycles. The molecule has 0 fully saturated rings. The Balaban J connectivity index is 2.37.